The van der Waals surface area contributed by atoms with E-state index in [1.165, 1.54) is 0 Å². The lowest BCUT2D eigenvalue weighted by molar-refractivity contribution is 0.0690. The van der Waals surface area contributed by atoms with Crippen LogP contribution in [-0.2, 0) is 6.42 Å². The average Bonchev–Trinajstić information content (AvgIpc) is 3.16. The van der Waals surface area contributed by atoms with Gasteiger partial charge in [0.2, 0.25) is 0 Å². The molecule has 0 radical (unpaired) electrons. The number of carbonyl (C=O) groups excluding carboxylic acids is 2. The number of benzene rings is 2. The van der Waals surface area contributed by atoms with Crippen molar-refractivity contribution in [3.8, 4) is 16.2 Å². The molecule has 2 amide bonds. The fourth-order valence-electron chi connectivity index (χ4n) is 5.44. The van der Waals surface area contributed by atoms with Crippen molar-refractivity contribution in [3.05, 3.63) is 69.9 Å². The largest absolute Gasteiger partial charge is 0.492 e. The Morgan fingerprint density at radius 2 is 2.06 bits per heavy atom. The third kappa shape index (κ3) is 3.68. The number of thiazole rings is 1. The molecule has 1 N–H and O–H groups in total. The van der Waals surface area contributed by atoms with Gasteiger partial charge in [0, 0.05) is 19.5 Å². The van der Waals surface area contributed by atoms with Crippen LogP contribution in [0.15, 0.2) is 42.5 Å². The zero-order valence-corrected chi connectivity index (χ0v) is 20.2. The smallest absolute Gasteiger partial charge is 0.274 e. The molecule has 7 heteroatoms. The fraction of sp³-hybridized carbons (Fsp3) is 0.370. The highest BCUT2D eigenvalue weighted by Gasteiger charge is 2.54. The molecule has 6 nitrogen and oxygen atoms in total. The van der Waals surface area contributed by atoms with E-state index in [2.05, 4.69) is 29.4 Å². The number of nitrogens with zero attached hydrogens (tertiary/aromatic N) is 2. The molecule has 34 heavy (non-hydrogen) atoms. The molecule has 174 valence electrons. The summed E-state index contributed by atoms with van der Waals surface area (Å²) in [6, 6.07) is 13.9. The Morgan fingerprint density at radius 1 is 1.21 bits per heavy atom. The molecule has 1 saturated heterocycles. The van der Waals surface area contributed by atoms with E-state index in [0.29, 0.717) is 42.0 Å². The first-order valence-electron chi connectivity index (χ1n) is 11.9. The highest BCUT2D eigenvalue weighted by Crippen LogP contribution is 2.50. The molecule has 0 unspecified atom stereocenters. The number of rotatable bonds is 5. The Morgan fingerprint density at radius 3 is 2.91 bits per heavy atom. The molecule has 2 aliphatic heterocycles. The highest BCUT2D eigenvalue weighted by atomic mass is 32.1. The standard InChI is InChI=1S/C27H27N3O3S/c1-15-5-3-7-18(11-15)25-23(29-16(2)34-25)27(32)30-14-19-12-21(19)22(30)13-28-26(31)20-8-4-6-17-9-10-33-24(17)20/h3-8,11,19,21-22H,9-10,12-14H2,1-2H3,(H,28,31)/t19-,21-,22+/m0/s1. The van der Waals surface area contributed by atoms with E-state index in [1.54, 1.807) is 11.3 Å². The second-order valence-corrected chi connectivity index (χ2v) is 10.8. The van der Waals surface area contributed by atoms with Gasteiger partial charge in [-0.2, -0.15) is 0 Å². The van der Waals surface area contributed by atoms with Crippen molar-refractivity contribution < 1.29 is 14.3 Å². The average molecular weight is 474 g/mol. The van der Waals surface area contributed by atoms with Crippen molar-refractivity contribution in [1.29, 1.82) is 0 Å². The minimum absolute atomic E-state index is 0.00788. The zero-order valence-electron chi connectivity index (χ0n) is 19.3. The summed E-state index contributed by atoms with van der Waals surface area (Å²) >= 11 is 1.56. The second-order valence-electron chi connectivity index (χ2n) is 9.57. The molecular formula is C27H27N3O3S. The molecule has 2 aromatic carbocycles. The summed E-state index contributed by atoms with van der Waals surface area (Å²) in [5, 5.41) is 3.97. The first-order chi connectivity index (χ1) is 16.5. The van der Waals surface area contributed by atoms with Gasteiger partial charge in [-0.1, -0.05) is 42.0 Å². The number of piperidine rings is 1. The number of amides is 2. The van der Waals surface area contributed by atoms with Crippen molar-refractivity contribution in [3.63, 3.8) is 0 Å². The lowest BCUT2D eigenvalue weighted by Crippen LogP contribution is -2.45. The number of nitrogens with one attached hydrogen (secondary N) is 1. The van der Waals surface area contributed by atoms with Gasteiger partial charge >= 0.3 is 0 Å². The summed E-state index contributed by atoms with van der Waals surface area (Å²) in [5.41, 5.74) is 4.37. The predicted molar refractivity (Wildman–Crippen MR) is 131 cm³/mol. The summed E-state index contributed by atoms with van der Waals surface area (Å²) in [7, 11) is 0. The number of likely N-dealkylation sites (tertiary alicyclic amines) is 1. The van der Waals surface area contributed by atoms with Gasteiger partial charge in [-0.25, -0.2) is 4.98 Å². The third-order valence-electron chi connectivity index (χ3n) is 7.21. The summed E-state index contributed by atoms with van der Waals surface area (Å²) in [6.07, 6.45) is 1.95. The molecular weight excluding hydrogens is 446 g/mol. The zero-order chi connectivity index (χ0) is 23.4. The maximum Gasteiger partial charge on any atom is 0.274 e. The molecule has 3 aliphatic rings. The van der Waals surface area contributed by atoms with Crippen LogP contribution in [0, 0.1) is 25.7 Å². The van der Waals surface area contributed by atoms with Crippen LogP contribution in [0.25, 0.3) is 10.4 Å². The summed E-state index contributed by atoms with van der Waals surface area (Å²) < 4.78 is 5.70. The quantitative estimate of drug-likeness (QED) is 0.601. The van der Waals surface area contributed by atoms with Gasteiger partial charge in [-0.3, -0.25) is 9.59 Å². The van der Waals surface area contributed by atoms with Crippen molar-refractivity contribution in [1.82, 2.24) is 15.2 Å². The number of carbonyl (C=O) groups is 2. The van der Waals surface area contributed by atoms with Gasteiger partial charge in [0.15, 0.2) is 0 Å². The van der Waals surface area contributed by atoms with Gasteiger partial charge in [-0.15, -0.1) is 11.3 Å². The molecule has 3 atom stereocenters. The van der Waals surface area contributed by atoms with Crippen LogP contribution in [0.5, 0.6) is 5.75 Å². The SMILES string of the molecule is Cc1cccc(-c2sc(C)nc2C(=O)N2C[C@@H]3C[C@@H]3[C@H]2CNC(=O)c2cccc3c2OCC3)c1. The first kappa shape index (κ1) is 21.4. The van der Waals surface area contributed by atoms with Crippen LogP contribution >= 0.6 is 11.3 Å². The van der Waals surface area contributed by atoms with Gasteiger partial charge in [0.25, 0.3) is 11.8 Å². The number of aromatic nitrogens is 1. The van der Waals surface area contributed by atoms with Crippen LogP contribution in [0.3, 0.4) is 0 Å². The van der Waals surface area contributed by atoms with Crippen molar-refractivity contribution in [2.24, 2.45) is 11.8 Å². The Bertz CT molecular complexity index is 1300. The fourth-order valence-corrected chi connectivity index (χ4v) is 6.35. The molecule has 2 fully saturated rings. The summed E-state index contributed by atoms with van der Waals surface area (Å²) in [5.74, 6) is 1.50. The Hall–Kier alpha value is -3.19. The number of hydrogen-bond acceptors (Lipinski definition) is 5. The number of hydrogen-bond donors (Lipinski definition) is 1. The van der Waals surface area contributed by atoms with Crippen LogP contribution in [-0.4, -0.2) is 47.4 Å². The molecule has 6 rings (SSSR count). The van der Waals surface area contributed by atoms with Crippen molar-refractivity contribution in [2.75, 3.05) is 19.7 Å². The monoisotopic (exact) mass is 473 g/mol. The van der Waals surface area contributed by atoms with E-state index in [0.717, 1.165) is 46.0 Å². The van der Waals surface area contributed by atoms with Gasteiger partial charge in [-0.05, 0) is 49.3 Å². The van der Waals surface area contributed by atoms with Crippen LogP contribution in [0.1, 0.15) is 43.4 Å². The molecule has 1 aromatic heterocycles. The van der Waals surface area contributed by atoms with Gasteiger partial charge in [0.05, 0.1) is 28.1 Å². The molecule has 1 saturated carbocycles. The summed E-state index contributed by atoms with van der Waals surface area (Å²) in [6.45, 7) is 5.79. The number of ether oxygens (including phenoxy) is 1. The van der Waals surface area contributed by atoms with E-state index in [4.69, 9.17) is 4.74 Å². The molecule has 1 aliphatic carbocycles. The Labute approximate surface area is 203 Å². The Balaban J connectivity index is 1.22. The predicted octanol–water partition coefficient (Wildman–Crippen LogP) is 4.25. The second kappa shape index (κ2) is 8.24. The van der Waals surface area contributed by atoms with Gasteiger partial charge in [0.1, 0.15) is 11.4 Å². The van der Waals surface area contributed by atoms with E-state index >= 15 is 0 Å². The highest BCUT2D eigenvalue weighted by molar-refractivity contribution is 7.15. The molecule has 0 spiro atoms. The van der Waals surface area contributed by atoms with E-state index in [1.807, 2.05) is 42.2 Å². The van der Waals surface area contributed by atoms with Crippen molar-refractivity contribution >= 4 is 23.2 Å². The minimum Gasteiger partial charge on any atom is -0.492 e. The summed E-state index contributed by atoms with van der Waals surface area (Å²) in [4.78, 5) is 34.2. The van der Waals surface area contributed by atoms with Gasteiger partial charge < -0.3 is 15.0 Å². The maximum absolute atomic E-state index is 13.7. The first-order valence-corrected chi connectivity index (χ1v) is 12.7. The van der Waals surface area contributed by atoms with Crippen LogP contribution in [0.2, 0.25) is 0 Å². The Kier molecular flexibility index (Phi) is 5.17. The molecule has 3 aromatic rings. The van der Waals surface area contributed by atoms with Crippen LogP contribution < -0.4 is 10.1 Å². The normalized spacial score (nSPS) is 22.2. The lowest BCUT2D eigenvalue weighted by Gasteiger charge is -2.27. The maximum atomic E-state index is 13.7. The van der Waals surface area contributed by atoms with E-state index in [-0.39, 0.29) is 17.9 Å². The lowest BCUT2D eigenvalue weighted by atomic mass is 10.1. The van der Waals surface area contributed by atoms with Crippen molar-refractivity contribution in [2.45, 2.75) is 32.7 Å². The van der Waals surface area contributed by atoms with E-state index in [9.17, 15) is 9.59 Å². The molecule has 3 heterocycles. The van der Waals surface area contributed by atoms with Crippen LogP contribution in [0.4, 0.5) is 0 Å². The number of aryl methyl sites for hydroxylation is 2. The topological polar surface area (TPSA) is 71.5 Å². The number of para-hydroxylation sites is 1. The third-order valence-corrected chi connectivity index (χ3v) is 8.23. The number of fused-ring (bicyclic) bond motifs is 2. The molecule has 0 bridgehead atoms. The van der Waals surface area contributed by atoms with E-state index < -0.39 is 0 Å². The minimum atomic E-state index is -0.139.